The fourth-order valence-electron chi connectivity index (χ4n) is 2.48. The lowest BCUT2D eigenvalue weighted by atomic mass is 10.00. The van der Waals surface area contributed by atoms with Crippen LogP contribution >= 0.6 is 0 Å². The molecule has 23 heavy (non-hydrogen) atoms. The van der Waals surface area contributed by atoms with E-state index < -0.39 is 11.7 Å². The second kappa shape index (κ2) is 8.57. The number of benzene rings is 1. The molecule has 1 aromatic rings. The first-order valence-corrected chi connectivity index (χ1v) is 8.33. The molecule has 1 saturated heterocycles. The third-order valence-corrected chi connectivity index (χ3v) is 3.89. The number of hydrogen-bond acceptors (Lipinski definition) is 2. The first-order chi connectivity index (χ1) is 10.8. The van der Waals surface area contributed by atoms with Crippen molar-refractivity contribution in [2.24, 2.45) is 0 Å². The maximum Gasteiger partial charge on any atom is 0.416 e. The molecule has 132 valence electrons. The van der Waals surface area contributed by atoms with Gasteiger partial charge in [-0.05, 0) is 49.6 Å². The van der Waals surface area contributed by atoms with Crippen LogP contribution in [0.3, 0.4) is 0 Å². The van der Waals surface area contributed by atoms with Gasteiger partial charge in [-0.3, -0.25) is 0 Å². The average Bonchev–Trinajstić information content (AvgIpc) is 2.50. The number of ether oxygens (including phenoxy) is 1. The molecule has 0 atom stereocenters. The zero-order valence-corrected chi connectivity index (χ0v) is 14.7. The molecule has 1 aliphatic rings. The van der Waals surface area contributed by atoms with Crippen LogP contribution in [-0.4, -0.2) is 31.1 Å². The summed E-state index contributed by atoms with van der Waals surface area (Å²) in [6.45, 7) is 9.60. The van der Waals surface area contributed by atoms with E-state index in [2.05, 4.69) is 4.90 Å². The van der Waals surface area contributed by atoms with E-state index in [1.807, 2.05) is 34.7 Å². The van der Waals surface area contributed by atoms with Crippen molar-refractivity contribution in [2.45, 2.75) is 58.7 Å². The Bertz CT molecular complexity index is 478. The molecule has 5 heteroatoms. The molecule has 1 fully saturated rings. The third-order valence-electron chi connectivity index (χ3n) is 3.89. The number of halogens is 3. The van der Waals surface area contributed by atoms with Gasteiger partial charge in [0.15, 0.2) is 0 Å². The molecule has 0 spiro atoms. The van der Waals surface area contributed by atoms with E-state index in [9.17, 15) is 13.2 Å². The average molecular weight is 331 g/mol. The number of hydrogen-bond donors (Lipinski definition) is 0. The van der Waals surface area contributed by atoms with E-state index in [0.717, 1.165) is 32.0 Å². The topological polar surface area (TPSA) is 12.5 Å². The molecule has 0 bridgehead atoms. The van der Waals surface area contributed by atoms with E-state index in [1.54, 1.807) is 6.07 Å². The van der Waals surface area contributed by atoms with Crippen LogP contribution in [0.1, 0.15) is 57.6 Å². The number of rotatable bonds is 3. The summed E-state index contributed by atoms with van der Waals surface area (Å²) in [7, 11) is 2.04. The van der Waals surface area contributed by atoms with Gasteiger partial charge in [0.2, 0.25) is 0 Å². The summed E-state index contributed by atoms with van der Waals surface area (Å²) < 4.78 is 44.7. The molecule has 1 heterocycles. The minimum atomic E-state index is -4.34. The van der Waals surface area contributed by atoms with E-state index >= 15 is 0 Å². The lowest BCUT2D eigenvalue weighted by Gasteiger charge is -2.29. The van der Waals surface area contributed by atoms with Crippen molar-refractivity contribution in [2.75, 3.05) is 20.1 Å². The molecule has 0 amide bonds. The van der Waals surface area contributed by atoms with Gasteiger partial charge < -0.3 is 9.64 Å². The normalized spacial score (nSPS) is 16.9. The van der Waals surface area contributed by atoms with Crippen LogP contribution in [0.5, 0.6) is 5.75 Å². The largest absolute Gasteiger partial charge is 0.490 e. The maximum absolute atomic E-state index is 13.0. The SMILES string of the molecule is CC.CC(C)c1cc(OC2CCN(C)CC2)cc(C(F)(F)F)c1. The summed E-state index contributed by atoms with van der Waals surface area (Å²) >= 11 is 0. The van der Waals surface area contributed by atoms with Crippen LogP contribution in [0.2, 0.25) is 0 Å². The fraction of sp³-hybridized carbons (Fsp3) is 0.667. The van der Waals surface area contributed by atoms with Crippen LogP contribution in [-0.2, 0) is 6.18 Å². The summed E-state index contributed by atoms with van der Waals surface area (Å²) in [6, 6.07) is 4.06. The highest BCUT2D eigenvalue weighted by Crippen LogP contribution is 2.35. The highest BCUT2D eigenvalue weighted by Gasteiger charge is 2.32. The van der Waals surface area contributed by atoms with Crippen LogP contribution < -0.4 is 4.74 Å². The lowest BCUT2D eigenvalue weighted by Crippen LogP contribution is -2.35. The first-order valence-electron chi connectivity index (χ1n) is 8.33. The van der Waals surface area contributed by atoms with Crippen molar-refractivity contribution in [3.63, 3.8) is 0 Å². The predicted octanol–water partition coefficient (Wildman–Crippen LogP) is 5.33. The highest BCUT2D eigenvalue weighted by atomic mass is 19.4. The second-order valence-corrected chi connectivity index (χ2v) is 6.06. The van der Waals surface area contributed by atoms with Crippen molar-refractivity contribution in [1.82, 2.24) is 4.90 Å². The highest BCUT2D eigenvalue weighted by molar-refractivity contribution is 5.37. The van der Waals surface area contributed by atoms with Crippen molar-refractivity contribution in [1.29, 1.82) is 0 Å². The van der Waals surface area contributed by atoms with Crippen LogP contribution in [0.4, 0.5) is 13.2 Å². The zero-order valence-electron chi connectivity index (χ0n) is 14.7. The number of nitrogens with zero attached hydrogens (tertiary/aromatic N) is 1. The molecular formula is C18H28F3NO. The molecule has 1 aromatic carbocycles. The Morgan fingerprint density at radius 3 is 2.13 bits per heavy atom. The van der Waals surface area contributed by atoms with Crippen molar-refractivity contribution in [3.8, 4) is 5.75 Å². The Labute approximate surface area is 137 Å². The summed E-state index contributed by atoms with van der Waals surface area (Å²) in [6.07, 6.45) is -2.63. The Kier molecular flexibility index (Phi) is 7.39. The quantitative estimate of drug-likeness (QED) is 0.742. The van der Waals surface area contributed by atoms with E-state index in [4.69, 9.17) is 4.74 Å². The molecule has 2 rings (SSSR count). The minimum absolute atomic E-state index is 0.00435. The standard InChI is InChI=1S/C16H22F3NO.C2H6/c1-11(2)12-8-13(16(17,18)19)10-15(9-12)21-14-4-6-20(3)7-5-14;1-2/h8-11,14H,4-7H2,1-3H3;1-2H3. The van der Waals surface area contributed by atoms with Crippen LogP contribution in [0.15, 0.2) is 18.2 Å². The van der Waals surface area contributed by atoms with Gasteiger partial charge in [0.05, 0.1) is 5.56 Å². The van der Waals surface area contributed by atoms with Crippen molar-refractivity contribution < 1.29 is 17.9 Å². The van der Waals surface area contributed by atoms with Gasteiger partial charge in [-0.15, -0.1) is 0 Å². The van der Waals surface area contributed by atoms with E-state index in [1.165, 1.54) is 6.07 Å². The van der Waals surface area contributed by atoms with E-state index in [0.29, 0.717) is 11.3 Å². The second-order valence-electron chi connectivity index (χ2n) is 6.06. The van der Waals surface area contributed by atoms with Gasteiger partial charge in [0, 0.05) is 13.1 Å². The van der Waals surface area contributed by atoms with Gasteiger partial charge >= 0.3 is 6.18 Å². The van der Waals surface area contributed by atoms with Gasteiger partial charge in [-0.25, -0.2) is 0 Å². The molecule has 1 aliphatic heterocycles. The Morgan fingerprint density at radius 2 is 1.65 bits per heavy atom. The Hall–Kier alpha value is -1.23. The predicted molar refractivity (Wildman–Crippen MR) is 88.0 cm³/mol. The zero-order chi connectivity index (χ0) is 17.6. The maximum atomic E-state index is 13.0. The number of alkyl halides is 3. The monoisotopic (exact) mass is 331 g/mol. The molecule has 2 nitrogen and oxygen atoms in total. The van der Waals surface area contributed by atoms with Crippen LogP contribution in [0, 0.1) is 0 Å². The molecule has 0 radical (unpaired) electrons. The molecule has 0 aliphatic carbocycles. The van der Waals surface area contributed by atoms with Gasteiger partial charge in [0.1, 0.15) is 11.9 Å². The summed E-state index contributed by atoms with van der Waals surface area (Å²) in [4.78, 5) is 2.20. The van der Waals surface area contributed by atoms with Gasteiger partial charge in [0.25, 0.3) is 0 Å². The minimum Gasteiger partial charge on any atom is -0.490 e. The Morgan fingerprint density at radius 1 is 1.09 bits per heavy atom. The summed E-state index contributed by atoms with van der Waals surface area (Å²) in [5, 5.41) is 0. The molecule has 0 unspecified atom stereocenters. The lowest BCUT2D eigenvalue weighted by molar-refractivity contribution is -0.137. The first kappa shape index (κ1) is 19.8. The Balaban J connectivity index is 0.00000127. The van der Waals surface area contributed by atoms with Gasteiger partial charge in [-0.1, -0.05) is 27.7 Å². The molecular weight excluding hydrogens is 303 g/mol. The summed E-state index contributed by atoms with van der Waals surface area (Å²) in [5.74, 6) is 0.371. The van der Waals surface area contributed by atoms with E-state index in [-0.39, 0.29) is 12.0 Å². The smallest absolute Gasteiger partial charge is 0.416 e. The molecule has 0 aromatic heterocycles. The number of likely N-dealkylation sites (tertiary alicyclic amines) is 1. The van der Waals surface area contributed by atoms with Crippen LogP contribution in [0.25, 0.3) is 0 Å². The molecule has 0 N–H and O–H groups in total. The van der Waals surface area contributed by atoms with Gasteiger partial charge in [-0.2, -0.15) is 13.2 Å². The summed E-state index contributed by atoms with van der Waals surface area (Å²) in [5.41, 5.74) is 0.0318. The fourth-order valence-corrected chi connectivity index (χ4v) is 2.48. The number of piperidine rings is 1. The van der Waals surface area contributed by atoms with Crippen molar-refractivity contribution in [3.05, 3.63) is 29.3 Å². The third kappa shape index (κ3) is 6.05. The molecule has 0 saturated carbocycles. The van der Waals surface area contributed by atoms with Crippen molar-refractivity contribution >= 4 is 0 Å².